The molecule has 1 aromatic carbocycles. The van der Waals surface area contributed by atoms with Gasteiger partial charge in [0.05, 0.1) is 20.1 Å². The molecular formula is C17H24N2O3. The van der Waals surface area contributed by atoms with E-state index in [1.54, 1.807) is 12.0 Å². The van der Waals surface area contributed by atoms with Gasteiger partial charge < -0.3 is 15.4 Å². The van der Waals surface area contributed by atoms with Gasteiger partial charge in [0.2, 0.25) is 11.8 Å². The summed E-state index contributed by atoms with van der Waals surface area (Å²) in [6, 6.07) is 5.90. The number of nitrogens with zero attached hydrogens (tertiary/aromatic N) is 1. The van der Waals surface area contributed by atoms with E-state index in [0.717, 1.165) is 36.8 Å². The van der Waals surface area contributed by atoms with E-state index in [0.29, 0.717) is 5.75 Å². The smallest absolute Gasteiger partial charge is 0.237 e. The zero-order chi connectivity index (χ0) is 16.1. The van der Waals surface area contributed by atoms with Crippen LogP contribution in [0.4, 0.5) is 0 Å². The standard InChI is InChI=1S/C17H24N2O3/c1-12-7-8-15(22-2)13(9-12)10-17(21)19(11-16(18)20)14-5-3-4-6-14/h7-9,14H,3-6,10-11H2,1-2H3,(H2,18,20). The molecule has 0 spiro atoms. The topological polar surface area (TPSA) is 72.6 Å². The van der Waals surface area contributed by atoms with E-state index in [9.17, 15) is 9.59 Å². The first-order valence-electron chi connectivity index (χ1n) is 7.72. The number of nitrogens with two attached hydrogens (primary N) is 1. The second kappa shape index (κ2) is 7.29. The van der Waals surface area contributed by atoms with E-state index in [1.165, 1.54) is 0 Å². The Morgan fingerprint density at radius 2 is 2.00 bits per heavy atom. The molecule has 0 radical (unpaired) electrons. The minimum Gasteiger partial charge on any atom is -0.496 e. The second-order valence-corrected chi connectivity index (χ2v) is 5.92. The zero-order valence-corrected chi connectivity index (χ0v) is 13.3. The lowest BCUT2D eigenvalue weighted by Gasteiger charge is -2.28. The van der Waals surface area contributed by atoms with E-state index < -0.39 is 5.91 Å². The Balaban J connectivity index is 2.16. The molecule has 1 saturated carbocycles. The zero-order valence-electron chi connectivity index (χ0n) is 13.3. The van der Waals surface area contributed by atoms with Crippen molar-refractivity contribution in [3.63, 3.8) is 0 Å². The van der Waals surface area contributed by atoms with Crippen molar-refractivity contribution in [2.24, 2.45) is 5.73 Å². The van der Waals surface area contributed by atoms with Crippen molar-refractivity contribution in [2.75, 3.05) is 13.7 Å². The number of benzene rings is 1. The lowest BCUT2D eigenvalue weighted by Crippen LogP contribution is -2.44. The average Bonchev–Trinajstić information content (AvgIpc) is 2.98. The molecule has 5 nitrogen and oxygen atoms in total. The van der Waals surface area contributed by atoms with Crippen molar-refractivity contribution in [3.8, 4) is 5.75 Å². The number of carbonyl (C=O) groups excluding carboxylic acids is 2. The number of hydrogen-bond donors (Lipinski definition) is 1. The molecule has 1 aliphatic rings. The van der Waals surface area contributed by atoms with Crippen molar-refractivity contribution in [1.29, 1.82) is 0 Å². The Morgan fingerprint density at radius 3 is 2.59 bits per heavy atom. The Morgan fingerprint density at radius 1 is 1.32 bits per heavy atom. The van der Waals surface area contributed by atoms with Gasteiger partial charge in [-0.1, -0.05) is 30.5 Å². The molecule has 1 fully saturated rings. The molecule has 2 amide bonds. The monoisotopic (exact) mass is 304 g/mol. The maximum Gasteiger partial charge on any atom is 0.237 e. The predicted octanol–water partition coefficient (Wildman–Crippen LogP) is 1.80. The highest BCUT2D eigenvalue weighted by Crippen LogP contribution is 2.26. The molecule has 1 aliphatic carbocycles. The third-order valence-electron chi connectivity index (χ3n) is 4.19. The predicted molar refractivity (Wildman–Crippen MR) is 84.6 cm³/mol. The molecule has 0 bridgehead atoms. The fraction of sp³-hybridized carbons (Fsp3) is 0.529. The van der Waals surface area contributed by atoms with E-state index >= 15 is 0 Å². The van der Waals surface area contributed by atoms with Crippen LogP contribution in [0, 0.1) is 6.92 Å². The normalized spacial score (nSPS) is 14.8. The molecule has 0 heterocycles. The number of aryl methyl sites for hydroxylation is 1. The summed E-state index contributed by atoms with van der Waals surface area (Å²) in [5, 5.41) is 0. The highest BCUT2D eigenvalue weighted by molar-refractivity contribution is 5.85. The Kier molecular flexibility index (Phi) is 5.41. The van der Waals surface area contributed by atoms with Crippen LogP contribution in [0.5, 0.6) is 5.75 Å². The molecule has 0 aliphatic heterocycles. The molecule has 0 atom stereocenters. The van der Waals surface area contributed by atoms with Crippen LogP contribution < -0.4 is 10.5 Å². The Hall–Kier alpha value is -2.04. The van der Waals surface area contributed by atoms with Crippen LogP contribution in [0.15, 0.2) is 18.2 Å². The third kappa shape index (κ3) is 4.00. The third-order valence-corrected chi connectivity index (χ3v) is 4.19. The van der Waals surface area contributed by atoms with Crippen LogP contribution >= 0.6 is 0 Å². The Labute approximate surface area is 131 Å². The van der Waals surface area contributed by atoms with Gasteiger partial charge in [0.25, 0.3) is 0 Å². The average molecular weight is 304 g/mol. The van der Waals surface area contributed by atoms with Gasteiger partial charge in [-0.2, -0.15) is 0 Å². The molecule has 1 aromatic rings. The van der Waals surface area contributed by atoms with E-state index in [1.807, 2.05) is 25.1 Å². The molecule has 0 unspecified atom stereocenters. The number of amides is 2. The number of methoxy groups -OCH3 is 1. The molecule has 5 heteroatoms. The highest BCUT2D eigenvalue weighted by Gasteiger charge is 2.28. The quantitative estimate of drug-likeness (QED) is 0.871. The van der Waals surface area contributed by atoms with Gasteiger partial charge >= 0.3 is 0 Å². The van der Waals surface area contributed by atoms with Crippen molar-refractivity contribution in [1.82, 2.24) is 4.90 Å². The summed E-state index contributed by atoms with van der Waals surface area (Å²) >= 11 is 0. The summed E-state index contributed by atoms with van der Waals surface area (Å²) in [5.41, 5.74) is 7.24. The molecule has 22 heavy (non-hydrogen) atoms. The van der Waals surface area contributed by atoms with Gasteiger partial charge in [-0.05, 0) is 25.8 Å². The summed E-state index contributed by atoms with van der Waals surface area (Å²) in [4.78, 5) is 25.6. The molecule has 0 aromatic heterocycles. The molecular weight excluding hydrogens is 280 g/mol. The van der Waals surface area contributed by atoms with Crippen LogP contribution in [0.2, 0.25) is 0 Å². The first-order chi connectivity index (χ1) is 10.5. The molecule has 2 N–H and O–H groups in total. The second-order valence-electron chi connectivity index (χ2n) is 5.92. The van der Waals surface area contributed by atoms with Gasteiger partial charge in [-0.15, -0.1) is 0 Å². The van der Waals surface area contributed by atoms with Crippen LogP contribution in [0.25, 0.3) is 0 Å². The van der Waals surface area contributed by atoms with Gasteiger partial charge in [-0.3, -0.25) is 9.59 Å². The molecule has 0 saturated heterocycles. The number of rotatable bonds is 6. The van der Waals surface area contributed by atoms with Crippen LogP contribution in [0.3, 0.4) is 0 Å². The number of carbonyl (C=O) groups is 2. The van der Waals surface area contributed by atoms with E-state index in [-0.39, 0.29) is 24.9 Å². The fourth-order valence-corrected chi connectivity index (χ4v) is 3.11. The Bertz CT molecular complexity index is 551. The van der Waals surface area contributed by atoms with Crippen molar-refractivity contribution in [3.05, 3.63) is 29.3 Å². The van der Waals surface area contributed by atoms with Crippen LogP contribution in [-0.4, -0.2) is 36.4 Å². The molecule has 2 rings (SSSR count). The first-order valence-corrected chi connectivity index (χ1v) is 7.72. The maximum atomic E-state index is 12.7. The minimum absolute atomic E-state index is 0.00235. The highest BCUT2D eigenvalue weighted by atomic mass is 16.5. The lowest BCUT2D eigenvalue weighted by atomic mass is 10.1. The van der Waals surface area contributed by atoms with Crippen molar-refractivity contribution >= 4 is 11.8 Å². The summed E-state index contributed by atoms with van der Waals surface area (Å²) in [6.07, 6.45) is 4.32. The summed E-state index contributed by atoms with van der Waals surface area (Å²) < 4.78 is 5.33. The van der Waals surface area contributed by atoms with Crippen LogP contribution in [0.1, 0.15) is 36.8 Å². The number of ether oxygens (including phenoxy) is 1. The largest absolute Gasteiger partial charge is 0.496 e. The summed E-state index contributed by atoms with van der Waals surface area (Å²) in [6.45, 7) is 1.98. The first kappa shape index (κ1) is 16.3. The van der Waals surface area contributed by atoms with Crippen LogP contribution in [-0.2, 0) is 16.0 Å². The summed E-state index contributed by atoms with van der Waals surface area (Å²) in [7, 11) is 1.59. The fourth-order valence-electron chi connectivity index (χ4n) is 3.11. The maximum absolute atomic E-state index is 12.7. The van der Waals surface area contributed by atoms with Gasteiger partial charge in [0.1, 0.15) is 5.75 Å². The van der Waals surface area contributed by atoms with E-state index in [2.05, 4.69) is 0 Å². The lowest BCUT2D eigenvalue weighted by molar-refractivity contribution is -0.136. The number of primary amides is 1. The summed E-state index contributed by atoms with van der Waals surface area (Å²) in [5.74, 6) is 0.176. The van der Waals surface area contributed by atoms with Crippen molar-refractivity contribution in [2.45, 2.75) is 45.1 Å². The van der Waals surface area contributed by atoms with Gasteiger partial charge in [-0.25, -0.2) is 0 Å². The SMILES string of the molecule is COc1ccc(C)cc1CC(=O)N(CC(N)=O)C1CCCC1. The van der Waals surface area contributed by atoms with E-state index in [4.69, 9.17) is 10.5 Å². The number of hydrogen-bond acceptors (Lipinski definition) is 3. The van der Waals surface area contributed by atoms with Crippen molar-refractivity contribution < 1.29 is 14.3 Å². The molecule has 120 valence electrons. The van der Waals surface area contributed by atoms with Gasteiger partial charge in [0, 0.05) is 11.6 Å². The van der Waals surface area contributed by atoms with Gasteiger partial charge in [0.15, 0.2) is 0 Å². The minimum atomic E-state index is -0.462.